The number of carbonyl (C=O) groups is 1. The summed E-state index contributed by atoms with van der Waals surface area (Å²) in [6, 6.07) is 13.6. The van der Waals surface area contributed by atoms with Crippen molar-refractivity contribution in [3.63, 3.8) is 0 Å². The van der Waals surface area contributed by atoms with E-state index in [0.717, 1.165) is 43.2 Å². The number of carbonyl (C=O) groups excluding carboxylic acids is 1. The Labute approximate surface area is 172 Å². The number of amides is 1. The van der Waals surface area contributed by atoms with Gasteiger partial charge in [0.2, 0.25) is 5.91 Å². The van der Waals surface area contributed by atoms with Gasteiger partial charge in [-0.3, -0.25) is 4.79 Å². The average molecular weight is 399 g/mol. The third-order valence-corrected chi connectivity index (χ3v) is 5.21. The molecule has 6 heteroatoms. The maximum atomic E-state index is 13.2. The zero-order valence-electron chi connectivity index (χ0n) is 17.6. The topological polar surface area (TPSA) is 60.0 Å². The summed E-state index contributed by atoms with van der Waals surface area (Å²) in [6.45, 7) is 7.27. The quantitative estimate of drug-likeness (QED) is 0.766. The van der Waals surface area contributed by atoms with E-state index in [9.17, 15) is 4.79 Å². The number of methoxy groups -OCH3 is 2. The van der Waals surface area contributed by atoms with E-state index in [1.165, 1.54) is 0 Å². The fraction of sp³-hybridized carbons (Fsp3) is 0.435. The van der Waals surface area contributed by atoms with Gasteiger partial charge in [0.05, 0.1) is 33.4 Å². The molecule has 1 amide bonds. The van der Waals surface area contributed by atoms with Gasteiger partial charge in [-0.25, -0.2) is 0 Å². The molecule has 1 aliphatic rings. The summed E-state index contributed by atoms with van der Waals surface area (Å²) in [4.78, 5) is 15.5. The summed E-state index contributed by atoms with van der Waals surface area (Å²) in [7, 11) is 3.20. The molecular formula is C23H30N2O4. The van der Waals surface area contributed by atoms with Crippen molar-refractivity contribution in [3.05, 3.63) is 48.0 Å². The third kappa shape index (κ3) is 5.01. The molecule has 1 N–H and O–H groups in total. The predicted molar refractivity (Wildman–Crippen MR) is 115 cm³/mol. The third-order valence-electron chi connectivity index (χ3n) is 5.21. The van der Waals surface area contributed by atoms with Crippen LogP contribution in [-0.4, -0.2) is 46.4 Å². The molecule has 0 saturated carbocycles. The number of morpholine rings is 1. The highest BCUT2D eigenvalue weighted by Gasteiger charge is 2.26. The first-order valence-electron chi connectivity index (χ1n) is 9.99. The van der Waals surface area contributed by atoms with Crippen LogP contribution in [0.1, 0.15) is 25.3 Å². The Hall–Kier alpha value is -2.73. The van der Waals surface area contributed by atoms with Crippen LogP contribution < -0.4 is 19.7 Å². The van der Waals surface area contributed by atoms with Gasteiger partial charge in [-0.2, -0.15) is 0 Å². The second-order valence-electron chi connectivity index (χ2n) is 7.48. The molecule has 1 atom stereocenters. The fourth-order valence-corrected chi connectivity index (χ4v) is 3.71. The molecular weight excluding hydrogens is 368 g/mol. The van der Waals surface area contributed by atoms with Gasteiger partial charge in [0.25, 0.3) is 0 Å². The van der Waals surface area contributed by atoms with E-state index in [1.54, 1.807) is 14.2 Å². The maximum absolute atomic E-state index is 13.2. The number of nitrogens with one attached hydrogen (secondary N) is 1. The van der Waals surface area contributed by atoms with E-state index < -0.39 is 0 Å². The molecule has 0 aliphatic carbocycles. The van der Waals surface area contributed by atoms with Crippen LogP contribution in [0.5, 0.6) is 11.5 Å². The monoisotopic (exact) mass is 398 g/mol. The van der Waals surface area contributed by atoms with Crippen molar-refractivity contribution in [1.82, 2.24) is 0 Å². The number of nitrogens with zero attached hydrogens (tertiary/aromatic N) is 1. The van der Waals surface area contributed by atoms with Crippen LogP contribution in [0.3, 0.4) is 0 Å². The molecule has 29 heavy (non-hydrogen) atoms. The second-order valence-corrected chi connectivity index (χ2v) is 7.48. The molecule has 1 saturated heterocycles. The lowest BCUT2D eigenvalue weighted by molar-refractivity contribution is -0.118. The number of ether oxygens (including phenoxy) is 3. The molecule has 1 heterocycles. The molecule has 0 spiro atoms. The van der Waals surface area contributed by atoms with Crippen molar-refractivity contribution in [2.24, 2.45) is 5.92 Å². The van der Waals surface area contributed by atoms with Crippen LogP contribution in [0.2, 0.25) is 0 Å². The van der Waals surface area contributed by atoms with Gasteiger partial charge in [0.1, 0.15) is 0 Å². The highest BCUT2D eigenvalue weighted by molar-refractivity contribution is 5.96. The molecule has 0 aromatic heterocycles. The van der Waals surface area contributed by atoms with Crippen molar-refractivity contribution < 1.29 is 19.0 Å². The molecule has 2 aromatic carbocycles. The lowest BCUT2D eigenvalue weighted by atomic mass is 9.87. The standard InChI is InChI=1S/C23H30N2O4/c1-16(2)22(17-8-9-20(27-3)21(14-17)28-4)23(26)24-18-6-5-7-19(15-18)25-10-12-29-13-11-25/h5-9,14-16,22H,10-13H2,1-4H3,(H,24,26). The lowest BCUT2D eigenvalue weighted by Gasteiger charge is -2.29. The Morgan fingerprint density at radius 3 is 2.41 bits per heavy atom. The molecule has 1 aliphatic heterocycles. The molecule has 3 rings (SSSR count). The average Bonchev–Trinajstić information content (AvgIpc) is 2.74. The minimum Gasteiger partial charge on any atom is -0.493 e. The summed E-state index contributed by atoms with van der Waals surface area (Å²) in [5.74, 6) is 1.05. The SMILES string of the molecule is COc1ccc(C(C(=O)Nc2cccc(N3CCOCC3)c2)C(C)C)cc1OC. The first-order chi connectivity index (χ1) is 14.0. The molecule has 1 fully saturated rings. The van der Waals surface area contributed by atoms with Gasteiger partial charge in [-0.1, -0.05) is 26.0 Å². The smallest absolute Gasteiger partial charge is 0.232 e. The Kier molecular flexibility index (Phi) is 6.99. The van der Waals surface area contributed by atoms with E-state index in [1.807, 2.05) is 50.2 Å². The molecule has 156 valence electrons. The zero-order chi connectivity index (χ0) is 20.8. The van der Waals surface area contributed by atoms with Crippen molar-refractivity contribution in [2.45, 2.75) is 19.8 Å². The van der Waals surface area contributed by atoms with Crippen LogP contribution in [0.25, 0.3) is 0 Å². The summed E-state index contributed by atoms with van der Waals surface area (Å²) in [5, 5.41) is 3.10. The van der Waals surface area contributed by atoms with Crippen LogP contribution in [0.15, 0.2) is 42.5 Å². The molecule has 6 nitrogen and oxygen atoms in total. The van der Waals surface area contributed by atoms with Crippen molar-refractivity contribution in [3.8, 4) is 11.5 Å². The van der Waals surface area contributed by atoms with Crippen LogP contribution in [-0.2, 0) is 9.53 Å². The van der Waals surface area contributed by atoms with Gasteiger partial charge in [-0.05, 0) is 41.8 Å². The minimum absolute atomic E-state index is 0.0358. The highest BCUT2D eigenvalue weighted by atomic mass is 16.5. The number of hydrogen-bond acceptors (Lipinski definition) is 5. The van der Waals surface area contributed by atoms with Gasteiger partial charge in [0.15, 0.2) is 11.5 Å². The highest BCUT2D eigenvalue weighted by Crippen LogP contribution is 2.34. The number of anilines is 2. The van der Waals surface area contributed by atoms with Crippen molar-refractivity contribution in [2.75, 3.05) is 50.7 Å². The first kappa shape index (κ1) is 21.0. The summed E-state index contributed by atoms with van der Waals surface area (Å²) >= 11 is 0. The van der Waals surface area contributed by atoms with Crippen molar-refractivity contribution in [1.29, 1.82) is 0 Å². The Morgan fingerprint density at radius 2 is 1.76 bits per heavy atom. The fourth-order valence-electron chi connectivity index (χ4n) is 3.71. The number of hydrogen-bond donors (Lipinski definition) is 1. The largest absolute Gasteiger partial charge is 0.493 e. The van der Waals surface area contributed by atoms with E-state index in [4.69, 9.17) is 14.2 Å². The van der Waals surface area contributed by atoms with E-state index in [-0.39, 0.29) is 17.7 Å². The normalized spacial score (nSPS) is 15.1. The van der Waals surface area contributed by atoms with Crippen LogP contribution in [0, 0.1) is 5.92 Å². The van der Waals surface area contributed by atoms with E-state index >= 15 is 0 Å². The molecule has 2 aromatic rings. The first-order valence-corrected chi connectivity index (χ1v) is 9.99. The molecule has 0 bridgehead atoms. The minimum atomic E-state index is -0.304. The summed E-state index contributed by atoms with van der Waals surface area (Å²) in [5.41, 5.74) is 2.79. The molecule has 1 unspecified atom stereocenters. The Balaban J connectivity index is 1.80. The Morgan fingerprint density at radius 1 is 1.03 bits per heavy atom. The summed E-state index contributed by atoms with van der Waals surface area (Å²) < 4.78 is 16.2. The summed E-state index contributed by atoms with van der Waals surface area (Å²) in [6.07, 6.45) is 0. The van der Waals surface area contributed by atoms with Gasteiger partial charge in [-0.15, -0.1) is 0 Å². The maximum Gasteiger partial charge on any atom is 0.232 e. The van der Waals surface area contributed by atoms with E-state index in [2.05, 4.69) is 16.3 Å². The van der Waals surface area contributed by atoms with E-state index in [0.29, 0.717) is 11.5 Å². The lowest BCUT2D eigenvalue weighted by Crippen LogP contribution is -2.36. The van der Waals surface area contributed by atoms with Gasteiger partial charge < -0.3 is 24.4 Å². The van der Waals surface area contributed by atoms with Crippen LogP contribution in [0.4, 0.5) is 11.4 Å². The predicted octanol–water partition coefficient (Wildman–Crippen LogP) is 3.92. The number of rotatable bonds is 7. The second kappa shape index (κ2) is 9.65. The molecule has 0 radical (unpaired) electrons. The zero-order valence-corrected chi connectivity index (χ0v) is 17.6. The Bertz CT molecular complexity index is 831. The van der Waals surface area contributed by atoms with Gasteiger partial charge in [0, 0.05) is 24.5 Å². The van der Waals surface area contributed by atoms with Crippen molar-refractivity contribution >= 4 is 17.3 Å². The van der Waals surface area contributed by atoms with Gasteiger partial charge >= 0.3 is 0 Å². The number of benzene rings is 2. The van der Waals surface area contributed by atoms with Crippen LogP contribution >= 0.6 is 0 Å².